The summed E-state index contributed by atoms with van der Waals surface area (Å²) in [5.41, 5.74) is 3.65. The first-order valence-corrected chi connectivity index (χ1v) is 8.07. The molecule has 4 rings (SSSR count). The van der Waals surface area contributed by atoms with Crippen LogP contribution in [0, 0.1) is 5.92 Å². The lowest BCUT2D eigenvalue weighted by Crippen LogP contribution is -2.29. The first-order valence-electron chi connectivity index (χ1n) is 7.69. The van der Waals surface area contributed by atoms with E-state index in [9.17, 15) is 9.90 Å². The molecule has 0 saturated carbocycles. The molecule has 0 aromatic heterocycles. The molecule has 1 aliphatic heterocycles. The summed E-state index contributed by atoms with van der Waals surface area (Å²) in [6, 6.07) is 13.5. The van der Waals surface area contributed by atoms with Crippen LogP contribution in [0.25, 0.3) is 0 Å². The Morgan fingerprint density at radius 1 is 1.17 bits per heavy atom. The van der Waals surface area contributed by atoms with Crippen molar-refractivity contribution in [3.8, 4) is 0 Å². The molecule has 4 heteroatoms. The number of anilines is 1. The minimum absolute atomic E-state index is 0.204. The second kappa shape index (κ2) is 5.43. The first kappa shape index (κ1) is 14.3. The van der Waals surface area contributed by atoms with Crippen LogP contribution >= 0.6 is 11.6 Å². The van der Waals surface area contributed by atoms with Gasteiger partial charge in [0.25, 0.3) is 0 Å². The van der Waals surface area contributed by atoms with Gasteiger partial charge in [0.05, 0.1) is 11.6 Å². The fraction of sp³-hybridized carbons (Fsp3) is 0.211. The Hall–Kier alpha value is -2.26. The first-order chi connectivity index (χ1) is 11.1. The van der Waals surface area contributed by atoms with Crippen molar-refractivity contribution in [1.82, 2.24) is 0 Å². The van der Waals surface area contributed by atoms with Gasteiger partial charge in [-0.25, -0.2) is 4.79 Å². The van der Waals surface area contributed by atoms with E-state index in [4.69, 9.17) is 11.6 Å². The van der Waals surface area contributed by atoms with Gasteiger partial charge in [0.15, 0.2) is 0 Å². The summed E-state index contributed by atoms with van der Waals surface area (Å²) in [4.78, 5) is 11.2. The quantitative estimate of drug-likeness (QED) is 0.775. The molecule has 2 N–H and O–H groups in total. The molecule has 0 bridgehead atoms. The average Bonchev–Trinajstić information content (AvgIpc) is 3.04. The van der Waals surface area contributed by atoms with E-state index in [1.165, 1.54) is 5.56 Å². The Morgan fingerprint density at radius 3 is 2.70 bits per heavy atom. The second-order valence-corrected chi connectivity index (χ2v) is 6.57. The zero-order valence-corrected chi connectivity index (χ0v) is 13.1. The lowest BCUT2D eigenvalue weighted by atomic mass is 9.76. The summed E-state index contributed by atoms with van der Waals surface area (Å²) in [5, 5.41) is 13.6. The molecule has 0 unspecified atom stereocenters. The van der Waals surface area contributed by atoms with Crippen LogP contribution in [0.1, 0.15) is 39.9 Å². The lowest BCUT2D eigenvalue weighted by Gasteiger charge is -2.37. The Morgan fingerprint density at radius 2 is 1.96 bits per heavy atom. The average molecular weight is 326 g/mol. The molecule has 116 valence electrons. The van der Waals surface area contributed by atoms with Crippen LogP contribution in [-0.2, 0) is 0 Å². The molecular formula is C19H16ClNO2. The second-order valence-electron chi connectivity index (χ2n) is 6.13. The predicted molar refractivity (Wildman–Crippen MR) is 91.2 cm³/mol. The number of aromatic carboxylic acids is 1. The maximum Gasteiger partial charge on any atom is 0.335 e. The number of benzene rings is 2. The smallest absolute Gasteiger partial charge is 0.335 e. The van der Waals surface area contributed by atoms with Crippen LogP contribution in [0.15, 0.2) is 54.6 Å². The third-order valence-electron chi connectivity index (χ3n) is 4.84. The zero-order valence-electron chi connectivity index (χ0n) is 12.4. The van der Waals surface area contributed by atoms with Crippen LogP contribution in [0.3, 0.4) is 0 Å². The van der Waals surface area contributed by atoms with Crippen LogP contribution < -0.4 is 5.32 Å². The molecule has 0 radical (unpaired) electrons. The van der Waals surface area contributed by atoms with Gasteiger partial charge >= 0.3 is 5.97 Å². The van der Waals surface area contributed by atoms with E-state index in [0.717, 1.165) is 22.7 Å². The molecule has 2 aromatic carbocycles. The molecule has 1 heterocycles. The number of allylic oxidation sites excluding steroid dienone is 2. The van der Waals surface area contributed by atoms with Gasteiger partial charge < -0.3 is 10.4 Å². The summed E-state index contributed by atoms with van der Waals surface area (Å²) >= 11 is 6.00. The molecule has 3 atom stereocenters. The Labute approximate surface area is 139 Å². The molecular weight excluding hydrogens is 310 g/mol. The number of hydrogen-bond donors (Lipinski definition) is 2. The van der Waals surface area contributed by atoms with Crippen molar-refractivity contribution in [3.05, 3.63) is 76.3 Å². The third kappa shape index (κ3) is 2.41. The van der Waals surface area contributed by atoms with Crippen LogP contribution in [-0.4, -0.2) is 11.1 Å². The van der Waals surface area contributed by atoms with Gasteiger partial charge in [-0.1, -0.05) is 35.9 Å². The zero-order chi connectivity index (χ0) is 16.0. The van der Waals surface area contributed by atoms with Crippen molar-refractivity contribution in [2.45, 2.75) is 18.4 Å². The molecule has 0 fully saturated rings. The Bertz CT molecular complexity index is 798. The standard InChI is InChI=1S/C19H16ClNO2/c20-13-7-4-11(5-8-13)18-15-3-1-2-14(15)16-10-12(19(22)23)6-9-17(16)21-18/h1-2,4-10,14-15,18,21H,3H2,(H,22,23)/t14-,15+,18-/m1/s1. The SMILES string of the molecule is O=C(O)c1ccc2c(c1)[C@@H]1C=CC[C@@H]1[C@@H](c1ccc(Cl)cc1)N2. The number of carbonyl (C=O) groups is 1. The monoisotopic (exact) mass is 325 g/mol. The van der Waals surface area contributed by atoms with Gasteiger partial charge in [0, 0.05) is 16.6 Å². The number of fused-ring (bicyclic) bond motifs is 3. The van der Waals surface area contributed by atoms with Crippen molar-refractivity contribution in [2.24, 2.45) is 5.92 Å². The van der Waals surface area contributed by atoms with Gasteiger partial charge in [-0.2, -0.15) is 0 Å². The highest BCUT2D eigenvalue weighted by molar-refractivity contribution is 6.30. The summed E-state index contributed by atoms with van der Waals surface area (Å²) < 4.78 is 0. The maximum atomic E-state index is 11.2. The normalized spacial score (nSPS) is 24.7. The van der Waals surface area contributed by atoms with Gasteiger partial charge in [-0.15, -0.1) is 0 Å². The molecule has 0 amide bonds. The lowest BCUT2D eigenvalue weighted by molar-refractivity contribution is 0.0696. The van der Waals surface area contributed by atoms with E-state index < -0.39 is 5.97 Å². The number of rotatable bonds is 2. The molecule has 23 heavy (non-hydrogen) atoms. The van der Waals surface area contributed by atoms with E-state index in [1.807, 2.05) is 18.2 Å². The highest BCUT2D eigenvalue weighted by Crippen LogP contribution is 2.49. The predicted octanol–water partition coefficient (Wildman–Crippen LogP) is 4.86. The van der Waals surface area contributed by atoms with Gasteiger partial charge in [-0.05, 0) is 53.8 Å². The van der Waals surface area contributed by atoms with E-state index >= 15 is 0 Å². The summed E-state index contributed by atoms with van der Waals surface area (Å²) in [5.74, 6) is -0.231. The molecule has 1 aliphatic carbocycles. The topological polar surface area (TPSA) is 49.3 Å². The number of nitrogens with one attached hydrogen (secondary N) is 1. The molecule has 2 aromatic rings. The van der Waals surface area contributed by atoms with Crippen molar-refractivity contribution >= 4 is 23.3 Å². The van der Waals surface area contributed by atoms with E-state index in [0.29, 0.717) is 11.5 Å². The molecule has 3 nitrogen and oxygen atoms in total. The number of hydrogen-bond acceptors (Lipinski definition) is 2. The molecule has 0 spiro atoms. The van der Waals surface area contributed by atoms with Crippen molar-refractivity contribution < 1.29 is 9.90 Å². The van der Waals surface area contributed by atoms with Crippen LogP contribution in [0.2, 0.25) is 5.02 Å². The van der Waals surface area contributed by atoms with Crippen LogP contribution in [0.4, 0.5) is 5.69 Å². The van der Waals surface area contributed by atoms with Gasteiger partial charge in [-0.3, -0.25) is 0 Å². The Kier molecular flexibility index (Phi) is 3.38. The van der Waals surface area contributed by atoms with Gasteiger partial charge in [0.2, 0.25) is 0 Å². The van der Waals surface area contributed by atoms with E-state index in [1.54, 1.807) is 12.1 Å². The summed E-state index contributed by atoms with van der Waals surface area (Å²) in [7, 11) is 0. The fourth-order valence-corrected chi connectivity index (χ4v) is 3.85. The number of halogens is 1. The minimum atomic E-state index is -0.883. The highest BCUT2D eigenvalue weighted by Gasteiger charge is 2.38. The van der Waals surface area contributed by atoms with Gasteiger partial charge in [0.1, 0.15) is 0 Å². The fourth-order valence-electron chi connectivity index (χ4n) is 3.73. The maximum absolute atomic E-state index is 11.2. The van der Waals surface area contributed by atoms with E-state index in [2.05, 4.69) is 29.6 Å². The third-order valence-corrected chi connectivity index (χ3v) is 5.09. The highest BCUT2D eigenvalue weighted by atomic mass is 35.5. The Balaban J connectivity index is 1.77. The number of carboxylic acids is 1. The van der Waals surface area contributed by atoms with Crippen molar-refractivity contribution in [2.75, 3.05) is 5.32 Å². The molecule has 0 saturated heterocycles. The summed E-state index contributed by atoms with van der Waals surface area (Å²) in [6.07, 6.45) is 5.39. The van der Waals surface area contributed by atoms with E-state index in [-0.39, 0.29) is 12.0 Å². The molecule has 2 aliphatic rings. The minimum Gasteiger partial charge on any atom is -0.478 e. The number of carboxylic acid groups (broad SMARTS) is 1. The summed E-state index contributed by atoms with van der Waals surface area (Å²) in [6.45, 7) is 0. The largest absolute Gasteiger partial charge is 0.478 e. The van der Waals surface area contributed by atoms with Crippen LogP contribution in [0.5, 0.6) is 0 Å². The van der Waals surface area contributed by atoms with Crippen molar-refractivity contribution in [3.63, 3.8) is 0 Å². The van der Waals surface area contributed by atoms with Crippen molar-refractivity contribution in [1.29, 1.82) is 0 Å².